The van der Waals surface area contributed by atoms with Gasteiger partial charge in [0.05, 0.1) is 0 Å². The van der Waals surface area contributed by atoms with Crippen molar-refractivity contribution in [1.82, 2.24) is 0 Å². The summed E-state index contributed by atoms with van der Waals surface area (Å²) in [6.07, 6.45) is 0.355. The van der Waals surface area contributed by atoms with Gasteiger partial charge in [-0.3, -0.25) is 0 Å². The van der Waals surface area contributed by atoms with Crippen molar-refractivity contribution in [2.45, 2.75) is 13.3 Å². The van der Waals surface area contributed by atoms with Gasteiger partial charge in [0.1, 0.15) is 11.6 Å². The predicted molar refractivity (Wildman–Crippen MR) is 35.2 cm³/mol. The minimum absolute atomic E-state index is 0.183. The molecule has 3 heteroatoms. The molecule has 1 aromatic rings. The predicted octanol–water partition coefficient (Wildman–Crippen LogP) is 1.60. The summed E-state index contributed by atoms with van der Waals surface area (Å²) in [5, 5.41) is 10.8. The van der Waals surface area contributed by atoms with Crippen molar-refractivity contribution in [3.63, 3.8) is 0 Å². The van der Waals surface area contributed by atoms with Crippen LogP contribution in [0.25, 0.3) is 0 Å². The average Bonchev–Trinajstić information content (AvgIpc) is 1.96. The Kier molecular flexibility index (Phi) is 2.08. The SMILES string of the molecule is CCc1cc(F)cc(F)c1[O-]. The Morgan fingerprint density at radius 3 is 2.55 bits per heavy atom. The van der Waals surface area contributed by atoms with Crippen molar-refractivity contribution in [1.29, 1.82) is 0 Å². The average molecular weight is 157 g/mol. The standard InChI is InChI=1S/C8H8F2O/c1-2-5-3-6(9)4-7(10)8(5)11/h3-4,11H,2H2,1H3/p-1. The molecule has 60 valence electrons. The van der Waals surface area contributed by atoms with Crippen LogP contribution < -0.4 is 5.11 Å². The number of halogens is 2. The van der Waals surface area contributed by atoms with Crippen LogP contribution in [0.1, 0.15) is 12.5 Å². The van der Waals surface area contributed by atoms with Gasteiger partial charge in [0, 0.05) is 6.07 Å². The summed E-state index contributed by atoms with van der Waals surface area (Å²) in [7, 11) is 0. The number of hydrogen-bond acceptors (Lipinski definition) is 1. The zero-order chi connectivity index (χ0) is 8.43. The summed E-state index contributed by atoms with van der Waals surface area (Å²) >= 11 is 0. The zero-order valence-electron chi connectivity index (χ0n) is 6.03. The van der Waals surface area contributed by atoms with Crippen LogP contribution in [0.2, 0.25) is 0 Å². The van der Waals surface area contributed by atoms with E-state index in [-0.39, 0.29) is 5.56 Å². The van der Waals surface area contributed by atoms with Crippen molar-refractivity contribution >= 4 is 0 Å². The van der Waals surface area contributed by atoms with Crippen molar-refractivity contribution in [2.75, 3.05) is 0 Å². The molecule has 1 rings (SSSR count). The number of benzene rings is 1. The third-order valence-electron chi connectivity index (χ3n) is 1.47. The molecule has 0 saturated heterocycles. The maximum atomic E-state index is 12.5. The Labute approximate surface area is 63.3 Å². The second-order valence-corrected chi connectivity index (χ2v) is 2.23. The highest BCUT2D eigenvalue weighted by molar-refractivity contribution is 5.32. The lowest BCUT2D eigenvalue weighted by Crippen LogP contribution is -2.00. The molecule has 0 aliphatic carbocycles. The van der Waals surface area contributed by atoms with Crippen LogP contribution in [-0.2, 0) is 6.42 Å². The first-order chi connectivity index (χ1) is 5.15. The first kappa shape index (κ1) is 7.98. The van der Waals surface area contributed by atoms with E-state index in [2.05, 4.69) is 0 Å². The minimum Gasteiger partial charge on any atom is -0.870 e. The minimum atomic E-state index is -1.01. The van der Waals surface area contributed by atoms with Gasteiger partial charge in [-0.1, -0.05) is 18.2 Å². The second-order valence-electron chi connectivity index (χ2n) is 2.23. The Morgan fingerprint density at radius 1 is 1.36 bits per heavy atom. The molecule has 0 amide bonds. The molecule has 0 aromatic heterocycles. The van der Waals surface area contributed by atoms with E-state index >= 15 is 0 Å². The molecule has 0 saturated carbocycles. The van der Waals surface area contributed by atoms with E-state index < -0.39 is 17.4 Å². The molecule has 1 aromatic carbocycles. The molecule has 0 N–H and O–H groups in total. The van der Waals surface area contributed by atoms with Gasteiger partial charge >= 0.3 is 0 Å². The van der Waals surface area contributed by atoms with E-state index in [9.17, 15) is 13.9 Å². The molecule has 0 atom stereocenters. The molecule has 0 heterocycles. The Balaban J connectivity index is 3.24. The lowest BCUT2D eigenvalue weighted by atomic mass is 10.1. The monoisotopic (exact) mass is 157 g/mol. The molecule has 0 unspecified atom stereocenters. The normalized spacial score (nSPS) is 10.1. The van der Waals surface area contributed by atoms with Crippen molar-refractivity contribution in [2.24, 2.45) is 0 Å². The molecule has 0 aliphatic heterocycles. The first-order valence-electron chi connectivity index (χ1n) is 3.30. The maximum Gasteiger partial charge on any atom is 0.126 e. The molecule has 0 fully saturated rings. The van der Waals surface area contributed by atoms with Gasteiger partial charge in [0.25, 0.3) is 0 Å². The molecular weight excluding hydrogens is 150 g/mol. The Morgan fingerprint density at radius 2 is 2.00 bits per heavy atom. The summed E-state index contributed by atoms with van der Waals surface area (Å²) < 4.78 is 24.9. The quantitative estimate of drug-likeness (QED) is 0.607. The summed E-state index contributed by atoms with van der Waals surface area (Å²) in [5.74, 6) is -2.41. The van der Waals surface area contributed by atoms with Crippen molar-refractivity contribution in [3.8, 4) is 5.75 Å². The highest BCUT2D eigenvalue weighted by atomic mass is 19.1. The van der Waals surface area contributed by atoms with Crippen LogP contribution in [-0.4, -0.2) is 0 Å². The summed E-state index contributed by atoms with van der Waals surface area (Å²) in [4.78, 5) is 0. The van der Waals surface area contributed by atoms with E-state index in [0.717, 1.165) is 6.07 Å². The summed E-state index contributed by atoms with van der Waals surface area (Å²) in [6.45, 7) is 1.68. The number of rotatable bonds is 1. The maximum absolute atomic E-state index is 12.5. The van der Waals surface area contributed by atoms with E-state index in [1.165, 1.54) is 0 Å². The van der Waals surface area contributed by atoms with E-state index in [1.807, 2.05) is 0 Å². The topological polar surface area (TPSA) is 23.1 Å². The van der Waals surface area contributed by atoms with Crippen LogP contribution in [0.15, 0.2) is 12.1 Å². The van der Waals surface area contributed by atoms with Gasteiger partial charge in [-0.2, -0.15) is 0 Å². The van der Waals surface area contributed by atoms with Crippen molar-refractivity contribution in [3.05, 3.63) is 29.3 Å². The third kappa shape index (κ3) is 1.48. The molecule has 0 spiro atoms. The highest BCUT2D eigenvalue weighted by Gasteiger charge is 2.00. The molecule has 0 aliphatic rings. The van der Waals surface area contributed by atoms with Gasteiger partial charge in [-0.15, -0.1) is 0 Å². The lowest BCUT2D eigenvalue weighted by molar-refractivity contribution is -0.273. The van der Waals surface area contributed by atoms with E-state index in [4.69, 9.17) is 0 Å². The first-order valence-corrected chi connectivity index (χ1v) is 3.30. The van der Waals surface area contributed by atoms with Crippen LogP contribution in [0, 0.1) is 11.6 Å². The smallest absolute Gasteiger partial charge is 0.126 e. The van der Waals surface area contributed by atoms with Gasteiger partial charge in [0.2, 0.25) is 0 Å². The van der Waals surface area contributed by atoms with Gasteiger partial charge in [0.15, 0.2) is 0 Å². The largest absolute Gasteiger partial charge is 0.870 e. The molecule has 1 nitrogen and oxygen atoms in total. The second kappa shape index (κ2) is 2.86. The van der Waals surface area contributed by atoms with Crippen molar-refractivity contribution < 1.29 is 13.9 Å². The Bertz CT molecular complexity index is 271. The zero-order valence-corrected chi connectivity index (χ0v) is 6.03. The number of aryl methyl sites for hydroxylation is 1. The van der Waals surface area contributed by atoms with Gasteiger partial charge in [-0.25, -0.2) is 8.78 Å². The van der Waals surface area contributed by atoms with E-state index in [1.54, 1.807) is 6.92 Å². The fourth-order valence-electron chi connectivity index (χ4n) is 0.876. The number of hydrogen-bond donors (Lipinski definition) is 0. The van der Waals surface area contributed by atoms with Crippen LogP contribution in [0.5, 0.6) is 5.75 Å². The summed E-state index contributed by atoms with van der Waals surface area (Å²) in [5.41, 5.74) is 0.183. The van der Waals surface area contributed by atoms with Crippen LogP contribution in [0.4, 0.5) is 8.78 Å². The highest BCUT2D eigenvalue weighted by Crippen LogP contribution is 2.19. The molecule has 11 heavy (non-hydrogen) atoms. The van der Waals surface area contributed by atoms with E-state index in [0.29, 0.717) is 12.5 Å². The van der Waals surface area contributed by atoms with Gasteiger partial charge in [-0.05, 0) is 12.5 Å². The lowest BCUT2D eigenvalue weighted by Gasteiger charge is -2.12. The van der Waals surface area contributed by atoms with Gasteiger partial charge < -0.3 is 5.11 Å². The molecular formula is C8H7F2O-. The molecule has 0 radical (unpaired) electrons. The fraction of sp³-hybridized carbons (Fsp3) is 0.250. The summed E-state index contributed by atoms with van der Waals surface area (Å²) in [6, 6.07) is 1.66. The Hall–Kier alpha value is -1.12. The molecule has 0 bridgehead atoms. The fourth-order valence-corrected chi connectivity index (χ4v) is 0.876. The van der Waals surface area contributed by atoms with Crippen LogP contribution >= 0.6 is 0 Å². The van der Waals surface area contributed by atoms with Crippen LogP contribution in [0.3, 0.4) is 0 Å². The third-order valence-corrected chi connectivity index (χ3v) is 1.47.